The van der Waals surface area contributed by atoms with Crippen LogP contribution in [0.3, 0.4) is 0 Å². The zero-order valence-corrected chi connectivity index (χ0v) is 8.87. The molecule has 76 valence electrons. The molecule has 0 fully saturated rings. The molecule has 0 unspecified atom stereocenters. The highest BCUT2D eigenvalue weighted by Gasteiger charge is 2.04. The van der Waals surface area contributed by atoms with Crippen molar-refractivity contribution < 1.29 is 4.79 Å². The zero-order chi connectivity index (χ0) is 10.6. The van der Waals surface area contributed by atoms with Crippen LogP contribution in [0.4, 0.5) is 5.69 Å². The molecule has 1 N–H and O–H groups in total. The molecule has 0 bridgehead atoms. The average Bonchev–Trinajstić information content (AvgIpc) is 2.01. The van der Waals surface area contributed by atoms with Crippen LogP contribution in [0.2, 0.25) is 0 Å². The van der Waals surface area contributed by atoms with E-state index in [9.17, 15) is 4.79 Å². The molecule has 1 aromatic heterocycles. The van der Waals surface area contributed by atoms with Crippen LogP contribution in [0.15, 0.2) is 18.5 Å². The minimum atomic E-state index is 0.0485. The summed E-state index contributed by atoms with van der Waals surface area (Å²) in [5.74, 6) is 0.431. The van der Waals surface area contributed by atoms with Gasteiger partial charge < -0.3 is 5.32 Å². The highest BCUT2D eigenvalue weighted by atomic mass is 16.1. The second kappa shape index (κ2) is 4.74. The molecule has 0 aliphatic heterocycles. The maximum Gasteiger partial charge on any atom is 0.224 e. The van der Waals surface area contributed by atoms with Gasteiger partial charge in [-0.05, 0) is 24.5 Å². The Kier molecular flexibility index (Phi) is 3.63. The number of hydrogen-bond donors (Lipinski definition) is 1. The minimum Gasteiger partial charge on any atom is -0.325 e. The van der Waals surface area contributed by atoms with Gasteiger partial charge in [0.25, 0.3) is 0 Å². The number of carbonyl (C=O) groups excluding carboxylic acids is 1. The van der Waals surface area contributed by atoms with Crippen LogP contribution in [0.25, 0.3) is 0 Å². The fraction of sp³-hybridized carbons (Fsp3) is 0.455. The summed E-state index contributed by atoms with van der Waals surface area (Å²) in [5, 5.41) is 2.81. The molecule has 0 saturated carbocycles. The number of aromatic nitrogens is 1. The van der Waals surface area contributed by atoms with Crippen LogP contribution in [0.5, 0.6) is 0 Å². The summed E-state index contributed by atoms with van der Waals surface area (Å²) in [6, 6.07) is 1.91. The van der Waals surface area contributed by atoms with Crippen molar-refractivity contribution in [3.63, 3.8) is 0 Å². The standard InChI is InChI=1S/C11H16N2O/c1-8(2)4-11(14)13-10-5-9(3)6-12-7-10/h5-8H,4H2,1-3H3,(H,13,14). The first-order valence-corrected chi connectivity index (χ1v) is 4.79. The Hall–Kier alpha value is -1.38. The molecule has 0 radical (unpaired) electrons. The molecule has 14 heavy (non-hydrogen) atoms. The fourth-order valence-corrected chi connectivity index (χ4v) is 1.21. The monoisotopic (exact) mass is 192 g/mol. The number of rotatable bonds is 3. The van der Waals surface area contributed by atoms with Gasteiger partial charge in [0.15, 0.2) is 0 Å². The van der Waals surface area contributed by atoms with Crippen molar-refractivity contribution in [3.8, 4) is 0 Å². The summed E-state index contributed by atoms with van der Waals surface area (Å²) in [6.07, 6.45) is 3.97. The van der Waals surface area contributed by atoms with E-state index in [0.29, 0.717) is 12.3 Å². The molecule has 1 amide bonds. The molecule has 0 spiro atoms. The summed E-state index contributed by atoms with van der Waals surface area (Å²) >= 11 is 0. The summed E-state index contributed by atoms with van der Waals surface area (Å²) in [5.41, 5.74) is 1.82. The second-order valence-corrected chi connectivity index (χ2v) is 3.90. The number of aryl methyl sites for hydroxylation is 1. The van der Waals surface area contributed by atoms with Gasteiger partial charge in [-0.1, -0.05) is 13.8 Å². The highest BCUT2D eigenvalue weighted by Crippen LogP contribution is 2.09. The molecule has 0 aliphatic carbocycles. The SMILES string of the molecule is Cc1cncc(NC(=O)CC(C)C)c1. The molecular weight excluding hydrogens is 176 g/mol. The van der Waals surface area contributed by atoms with Gasteiger partial charge in [-0.15, -0.1) is 0 Å². The zero-order valence-electron chi connectivity index (χ0n) is 8.87. The lowest BCUT2D eigenvalue weighted by Crippen LogP contribution is -2.13. The number of pyridine rings is 1. The summed E-state index contributed by atoms with van der Waals surface area (Å²) in [6.45, 7) is 5.99. The number of amides is 1. The van der Waals surface area contributed by atoms with Gasteiger partial charge in [0.2, 0.25) is 5.91 Å². The average molecular weight is 192 g/mol. The molecule has 1 aromatic rings. The van der Waals surface area contributed by atoms with Gasteiger partial charge in [-0.2, -0.15) is 0 Å². The van der Waals surface area contributed by atoms with Crippen LogP contribution in [0, 0.1) is 12.8 Å². The number of nitrogens with zero attached hydrogens (tertiary/aromatic N) is 1. The molecular formula is C11H16N2O. The van der Waals surface area contributed by atoms with Gasteiger partial charge in [0.05, 0.1) is 11.9 Å². The van der Waals surface area contributed by atoms with E-state index in [4.69, 9.17) is 0 Å². The molecule has 0 saturated heterocycles. The largest absolute Gasteiger partial charge is 0.325 e. The Morgan fingerprint density at radius 3 is 2.79 bits per heavy atom. The lowest BCUT2D eigenvalue weighted by atomic mass is 10.1. The van der Waals surface area contributed by atoms with Gasteiger partial charge in [-0.25, -0.2) is 0 Å². The molecule has 1 heterocycles. The predicted octanol–water partition coefficient (Wildman–Crippen LogP) is 2.37. The Labute approximate surface area is 84.6 Å². The Morgan fingerprint density at radius 2 is 2.21 bits per heavy atom. The number of anilines is 1. The van der Waals surface area contributed by atoms with Gasteiger partial charge >= 0.3 is 0 Å². The van der Waals surface area contributed by atoms with E-state index < -0.39 is 0 Å². The van der Waals surface area contributed by atoms with Crippen molar-refractivity contribution >= 4 is 11.6 Å². The maximum absolute atomic E-state index is 11.4. The van der Waals surface area contributed by atoms with E-state index in [0.717, 1.165) is 11.3 Å². The van der Waals surface area contributed by atoms with E-state index in [1.54, 1.807) is 12.4 Å². The molecule has 3 heteroatoms. The topological polar surface area (TPSA) is 42.0 Å². The maximum atomic E-state index is 11.4. The summed E-state index contributed by atoms with van der Waals surface area (Å²) in [4.78, 5) is 15.4. The van der Waals surface area contributed by atoms with Crippen molar-refractivity contribution in [1.29, 1.82) is 0 Å². The van der Waals surface area contributed by atoms with Gasteiger partial charge in [0.1, 0.15) is 0 Å². The minimum absolute atomic E-state index is 0.0485. The van der Waals surface area contributed by atoms with Gasteiger partial charge in [-0.3, -0.25) is 9.78 Å². The van der Waals surface area contributed by atoms with E-state index >= 15 is 0 Å². The van der Waals surface area contributed by atoms with E-state index in [2.05, 4.69) is 10.3 Å². The quantitative estimate of drug-likeness (QED) is 0.798. The first kappa shape index (κ1) is 10.7. The Morgan fingerprint density at radius 1 is 1.50 bits per heavy atom. The summed E-state index contributed by atoms with van der Waals surface area (Å²) < 4.78 is 0. The Bertz CT molecular complexity index is 321. The molecule has 1 rings (SSSR count). The normalized spacial score (nSPS) is 10.3. The second-order valence-electron chi connectivity index (χ2n) is 3.90. The first-order chi connectivity index (χ1) is 6.58. The van der Waals surface area contributed by atoms with Crippen molar-refractivity contribution in [1.82, 2.24) is 4.98 Å². The van der Waals surface area contributed by atoms with Crippen molar-refractivity contribution in [2.24, 2.45) is 5.92 Å². The molecule has 3 nitrogen and oxygen atoms in total. The molecule has 0 aliphatic rings. The highest BCUT2D eigenvalue weighted by molar-refractivity contribution is 5.90. The van der Waals surface area contributed by atoms with E-state index in [-0.39, 0.29) is 5.91 Å². The lowest BCUT2D eigenvalue weighted by Gasteiger charge is -2.06. The third-order valence-corrected chi connectivity index (χ3v) is 1.75. The van der Waals surface area contributed by atoms with E-state index in [1.807, 2.05) is 26.8 Å². The molecule has 0 atom stereocenters. The van der Waals surface area contributed by atoms with Crippen LogP contribution >= 0.6 is 0 Å². The van der Waals surface area contributed by atoms with Crippen LogP contribution in [0.1, 0.15) is 25.8 Å². The smallest absolute Gasteiger partial charge is 0.224 e. The molecule has 0 aromatic carbocycles. The Balaban J connectivity index is 2.56. The van der Waals surface area contributed by atoms with Crippen LogP contribution in [-0.4, -0.2) is 10.9 Å². The first-order valence-electron chi connectivity index (χ1n) is 4.79. The van der Waals surface area contributed by atoms with Crippen molar-refractivity contribution in [2.75, 3.05) is 5.32 Å². The van der Waals surface area contributed by atoms with Crippen LogP contribution < -0.4 is 5.32 Å². The van der Waals surface area contributed by atoms with Crippen molar-refractivity contribution in [2.45, 2.75) is 27.2 Å². The number of carbonyl (C=O) groups is 1. The van der Waals surface area contributed by atoms with Gasteiger partial charge in [0, 0.05) is 12.6 Å². The fourth-order valence-electron chi connectivity index (χ4n) is 1.21. The van der Waals surface area contributed by atoms with Crippen LogP contribution in [-0.2, 0) is 4.79 Å². The number of nitrogens with one attached hydrogen (secondary N) is 1. The predicted molar refractivity (Wildman–Crippen MR) is 57.1 cm³/mol. The third-order valence-electron chi connectivity index (χ3n) is 1.75. The van der Waals surface area contributed by atoms with Crippen molar-refractivity contribution in [3.05, 3.63) is 24.0 Å². The summed E-state index contributed by atoms with van der Waals surface area (Å²) in [7, 11) is 0. The number of hydrogen-bond acceptors (Lipinski definition) is 2. The third kappa shape index (κ3) is 3.56. The lowest BCUT2D eigenvalue weighted by molar-refractivity contribution is -0.116. The van der Waals surface area contributed by atoms with E-state index in [1.165, 1.54) is 0 Å².